The third-order valence-corrected chi connectivity index (χ3v) is 2.39. The van der Waals surface area contributed by atoms with Gasteiger partial charge in [-0.2, -0.15) is 13.2 Å². The molecule has 9 heteroatoms. The lowest BCUT2D eigenvalue weighted by molar-refractivity contribution is -0.173. The third-order valence-electron chi connectivity index (χ3n) is 2.39. The average molecular weight is 332 g/mol. The Labute approximate surface area is 130 Å². The van der Waals surface area contributed by atoms with E-state index in [0.717, 1.165) is 0 Å². The summed E-state index contributed by atoms with van der Waals surface area (Å²) >= 11 is 0. The molecule has 23 heavy (non-hydrogen) atoms. The van der Waals surface area contributed by atoms with Crippen LogP contribution in [-0.2, 0) is 14.3 Å². The Kier molecular flexibility index (Phi) is 6.11. The number of carbonyl (C=O) groups excluding carboxylic acids is 3. The Hall–Kier alpha value is -2.58. The molecular weight excluding hydrogens is 317 g/mol. The Morgan fingerprint density at radius 2 is 1.87 bits per heavy atom. The van der Waals surface area contributed by atoms with Crippen LogP contribution in [0.4, 0.5) is 18.9 Å². The van der Waals surface area contributed by atoms with Crippen LogP contribution in [0.5, 0.6) is 0 Å². The van der Waals surface area contributed by atoms with Gasteiger partial charge in [-0.05, 0) is 32.0 Å². The van der Waals surface area contributed by atoms with Crippen molar-refractivity contribution < 1.29 is 32.3 Å². The van der Waals surface area contributed by atoms with Crippen molar-refractivity contribution in [1.29, 1.82) is 0 Å². The topological polar surface area (TPSA) is 84.5 Å². The highest BCUT2D eigenvalue weighted by Crippen LogP contribution is 2.14. The van der Waals surface area contributed by atoms with Crippen molar-refractivity contribution in [3.05, 3.63) is 29.8 Å². The fourth-order valence-electron chi connectivity index (χ4n) is 1.47. The van der Waals surface area contributed by atoms with Crippen molar-refractivity contribution in [3.63, 3.8) is 0 Å². The quantitative estimate of drug-likeness (QED) is 0.806. The van der Waals surface area contributed by atoms with Gasteiger partial charge in [0.05, 0.1) is 18.2 Å². The number of amides is 2. The molecule has 0 unspecified atom stereocenters. The van der Waals surface area contributed by atoms with Gasteiger partial charge in [-0.3, -0.25) is 9.59 Å². The molecule has 0 radical (unpaired) electrons. The smallest absolute Gasteiger partial charge is 0.459 e. The number of halogens is 3. The molecule has 0 aliphatic rings. The largest absolute Gasteiger partial charge is 0.471 e. The van der Waals surface area contributed by atoms with E-state index in [2.05, 4.69) is 5.32 Å². The summed E-state index contributed by atoms with van der Waals surface area (Å²) in [7, 11) is 0. The Bertz CT molecular complexity index is 600. The van der Waals surface area contributed by atoms with Crippen LogP contribution in [0.2, 0.25) is 0 Å². The molecule has 0 fully saturated rings. The fraction of sp³-hybridized carbons (Fsp3) is 0.357. The van der Waals surface area contributed by atoms with Crippen LogP contribution in [0.3, 0.4) is 0 Å². The maximum Gasteiger partial charge on any atom is 0.471 e. The molecule has 6 nitrogen and oxygen atoms in total. The number of esters is 1. The van der Waals surface area contributed by atoms with E-state index in [-0.39, 0.29) is 17.4 Å². The molecule has 0 aliphatic carbocycles. The third kappa shape index (κ3) is 6.37. The first kappa shape index (κ1) is 18.5. The van der Waals surface area contributed by atoms with Crippen molar-refractivity contribution in [1.82, 2.24) is 5.32 Å². The highest BCUT2D eigenvalue weighted by atomic mass is 19.4. The second-order valence-corrected chi connectivity index (χ2v) is 4.76. The van der Waals surface area contributed by atoms with Gasteiger partial charge in [0.1, 0.15) is 0 Å². The Morgan fingerprint density at radius 3 is 2.43 bits per heavy atom. The molecule has 1 aromatic rings. The number of hydrogen-bond donors (Lipinski definition) is 2. The van der Waals surface area contributed by atoms with Gasteiger partial charge in [-0.1, -0.05) is 6.07 Å². The first-order valence-corrected chi connectivity index (χ1v) is 6.55. The highest BCUT2D eigenvalue weighted by molar-refractivity contribution is 5.97. The van der Waals surface area contributed by atoms with Crippen molar-refractivity contribution in [3.8, 4) is 0 Å². The van der Waals surface area contributed by atoms with Gasteiger partial charge >= 0.3 is 18.1 Å². The summed E-state index contributed by atoms with van der Waals surface area (Å²) in [6.45, 7) is 2.50. The number of benzene rings is 1. The van der Waals surface area contributed by atoms with E-state index >= 15 is 0 Å². The second-order valence-electron chi connectivity index (χ2n) is 4.76. The number of ether oxygens (including phenoxy) is 1. The monoisotopic (exact) mass is 332 g/mol. The van der Waals surface area contributed by atoms with E-state index in [0.29, 0.717) is 0 Å². The van der Waals surface area contributed by atoms with Gasteiger partial charge in [-0.25, -0.2) is 4.79 Å². The van der Waals surface area contributed by atoms with Gasteiger partial charge in [0.25, 0.3) is 0 Å². The molecular formula is C14H15F3N2O4. The van der Waals surface area contributed by atoms with Crippen LogP contribution in [-0.4, -0.2) is 36.6 Å². The number of anilines is 1. The molecule has 2 amide bonds. The lowest BCUT2D eigenvalue weighted by atomic mass is 10.2. The Balaban J connectivity index is 2.62. The van der Waals surface area contributed by atoms with E-state index < -0.39 is 30.5 Å². The van der Waals surface area contributed by atoms with Gasteiger partial charge in [0, 0.05) is 5.69 Å². The van der Waals surface area contributed by atoms with E-state index in [9.17, 15) is 27.6 Å². The minimum Gasteiger partial charge on any atom is -0.459 e. The van der Waals surface area contributed by atoms with Crippen LogP contribution in [0.15, 0.2) is 24.3 Å². The lowest BCUT2D eigenvalue weighted by Crippen LogP contribution is -2.41. The number of rotatable bonds is 5. The molecule has 0 aromatic heterocycles. The summed E-state index contributed by atoms with van der Waals surface area (Å²) in [5.41, 5.74) is 0.366. The fourth-order valence-corrected chi connectivity index (χ4v) is 1.47. The zero-order chi connectivity index (χ0) is 17.6. The minimum atomic E-state index is -5.05. The number of carbonyl (C=O) groups is 3. The summed E-state index contributed by atoms with van der Waals surface area (Å²) in [6.07, 6.45) is -5.38. The number of hydrogen-bond acceptors (Lipinski definition) is 4. The maximum absolute atomic E-state index is 12.0. The molecule has 1 rings (SSSR count). The second kappa shape index (κ2) is 7.61. The molecule has 0 atom stereocenters. The van der Waals surface area contributed by atoms with E-state index in [1.165, 1.54) is 29.6 Å². The minimum absolute atomic E-state index is 0.177. The number of nitrogens with one attached hydrogen (secondary N) is 2. The van der Waals surface area contributed by atoms with Gasteiger partial charge < -0.3 is 15.4 Å². The van der Waals surface area contributed by atoms with Gasteiger partial charge in [0.15, 0.2) is 0 Å². The van der Waals surface area contributed by atoms with Crippen LogP contribution < -0.4 is 10.6 Å². The Morgan fingerprint density at radius 1 is 1.22 bits per heavy atom. The molecule has 0 spiro atoms. The summed E-state index contributed by atoms with van der Waals surface area (Å²) in [6, 6.07) is 5.69. The predicted molar refractivity (Wildman–Crippen MR) is 74.7 cm³/mol. The van der Waals surface area contributed by atoms with E-state index in [1.807, 2.05) is 0 Å². The molecule has 1 aromatic carbocycles. The van der Waals surface area contributed by atoms with E-state index in [4.69, 9.17) is 4.74 Å². The molecule has 0 bridgehead atoms. The van der Waals surface area contributed by atoms with E-state index in [1.54, 1.807) is 13.8 Å². The van der Waals surface area contributed by atoms with Crippen molar-refractivity contribution in [2.24, 2.45) is 0 Å². The lowest BCUT2D eigenvalue weighted by Gasteiger charge is -2.10. The van der Waals surface area contributed by atoms with Crippen molar-refractivity contribution in [2.75, 3.05) is 11.9 Å². The first-order chi connectivity index (χ1) is 10.6. The van der Waals surface area contributed by atoms with Crippen molar-refractivity contribution >= 4 is 23.5 Å². The van der Waals surface area contributed by atoms with Crippen molar-refractivity contribution in [2.45, 2.75) is 26.1 Å². The highest BCUT2D eigenvalue weighted by Gasteiger charge is 2.38. The summed E-state index contributed by atoms with van der Waals surface area (Å²) in [5, 5.41) is 3.71. The summed E-state index contributed by atoms with van der Waals surface area (Å²) < 4.78 is 40.9. The van der Waals surface area contributed by atoms with Gasteiger partial charge in [0.2, 0.25) is 5.91 Å². The average Bonchev–Trinajstić information content (AvgIpc) is 2.43. The first-order valence-electron chi connectivity index (χ1n) is 6.55. The zero-order valence-electron chi connectivity index (χ0n) is 12.4. The molecule has 0 heterocycles. The number of alkyl halides is 3. The SMILES string of the molecule is CC(C)OC(=O)c1cccc(NC(=O)CNC(=O)C(F)(F)F)c1. The van der Waals surface area contributed by atoms with Gasteiger partial charge in [-0.15, -0.1) is 0 Å². The normalized spacial score (nSPS) is 11.0. The van der Waals surface area contributed by atoms with Crippen LogP contribution >= 0.6 is 0 Å². The van der Waals surface area contributed by atoms with Crippen LogP contribution in [0, 0.1) is 0 Å². The summed E-state index contributed by atoms with van der Waals surface area (Å²) in [4.78, 5) is 33.8. The molecule has 0 saturated carbocycles. The predicted octanol–water partition coefficient (Wildman–Crippen LogP) is 1.87. The zero-order valence-corrected chi connectivity index (χ0v) is 12.4. The molecule has 0 saturated heterocycles. The van der Waals surface area contributed by atoms with Crippen LogP contribution in [0.25, 0.3) is 0 Å². The molecule has 2 N–H and O–H groups in total. The maximum atomic E-state index is 12.0. The van der Waals surface area contributed by atoms with Crippen LogP contribution in [0.1, 0.15) is 24.2 Å². The summed E-state index contributed by atoms with van der Waals surface area (Å²) in [5.74, 6) is -3.67. The standard InChI is InChI=1S/C14H15F3N2O4/c1-8(2)23-12(21)9-4-3-5-10(6-9)19-11(20)7-18-13(22)14(15,16)17/h3-6,8H,7H2,1-2H3,(H,18,22)(H,19,20). The molecule has 0 aliphatic heterocycles. The molecule has 126 valence electrons.